The van der Waals surface area contributed by atoms with E-state index < -0.39 is 0 Å². The van der Waals surface area contributed by atoms with Crippen LogP contribution in [0.3, 0.4) is 0 Å². The van der Waals surface area contributed by atoms with E-state index in [2.05, 4.69) is 22.3 Å². The van der Waals surface area contributed by atoms with Gasteiger partial charge in [-0.25, -0.2) is 0 Å². The topological polar surface area (TPSA) is 102 Å². The summed E-state index contributed by atoms with van der Waals surface area (Å²) in [6, 6.07) is 12.4. The Bertz CT molecular complexity index is 1630. The van der Waals surface area contributed by atoms with E-state index in [1.807, 2.05) is 47.7 Å². The number of aryl methyl sites for hydroxylation is 1. The van der Waals surface area contributed by atoms with Gasteiger partial charge in [0.2, 0.25) is 0 Å². The number of nitrogens with zero attached hydrogens (tertiary/aromatic N) is 8. The summed E-state index contributed by atoms with van der Waals surface area (Å²) in [5, 5.41) is 17.8. The fourth-order valence-corrected chi connectivity index (χ4v) is 5.85. The summed E-state index contributed by atoms with van der Waals surface area (Å²) in [7, 11) is 0. The second-order valence-electron chi connectivity index (χ2n) is 10.5. The lowest BCUT2D eigenvalue weighted by Gasteiger charge is -2.37. The Balaban J connectivity index is 1.28. The Morgan fingerprint density at radius 2 is 1.77 bits per heavy atom. The number of hydrogen-bond donors (Lipinski definition) is 0. The average molecular weight is 579 g/mol. The van der Waals surface area contributed by atoms with Crippen LogP contribution in [0.25, 0.3) is 5.69 Å². The van der Waals surface area contributed by atoms with Crippen LogP contribution in [0.5, 0.6) is 0 Å². The van der Waals surface area contributed by atoms with Crippen molar-refractivity contribution in [1.29, 1.82) is 0 Å². The van der Waals surface area contributed by atoms with Gasteiger partial charge in [-0.2, -0.15) is 5.10 Å². The van der Waals surface area contributed by atoms with Crippen molar-refractivity contribution in [2.24, 2.45) is 0 Å². The molecule has 0 spiro atoms. The molecule has 4 heterocycles. The van der Waals surface area contributed by atoms with Crippen molar-refractivity contribution in [3.8, 4) is 5.69 Å². The number of amides is 2. The molecule has 3 atom stereocenters. The van der Waals surface area contributed by atoms with Gasteiger partial charge in [-0.3, -0.25) is 14.3 Å². The molecule has 2 aliphatic rings. The molecule has 0 saturated carbocycles. The average Bonchev–Trinajstić information content (AvgIpc) is 3.55. The number of fused-ring (bicyclic) bond motifs is 3. The van der Waals surface area contributed by atoms with E-state index in [1.54, 1.807) is 30.0 Å². The molecule has 2 aromatic carbocycles. The van der Waals surface area contributed by atoms with E-state index in [0.717, 1.165) is 22.5 Å². The first-order valence-electron chi connectivity index (χ1n) is 13.2. The number of carbonyl (C=O) groups excluding carboxylic acids is 2. The highest BCUT2D eigenvalue weighted by molar-refractivity contribution is 6.42. The number of tetrazole rings is 1. The molecule has 0 unspecified atom stereocenters. The molecule has 2 aromatic heterocycles. The number of halogens is 2. The van der Waals surface area contributed by atoms with Gasteiger partial charge in [-0.05, 0) is 68.8 Å². The quantitative estimate of drug-likeness (QED) is 0.343. The molecule has 12 heteroatoms. The number of rotatable bonds is 4. The maximum atomic E-state index is 14.0. The summed E-state index contributed by atoms with van der Waals surface area (Å²) in [5.74, 6) is 0.348. The molecule has 2 aliphatic heterocycles. The highest BCUT2D eigenvalue weighted by atomic mass is 35.5. The van der Waals surface area contributed by atoms with Gasteiger partial charge in [0.25, 0.3) is 11.8 Å². The molecule has 6 rings (SSSR count). The van der Waals surface area contributed by atoms with Gasteiger partial charge in [0.1, 0.15) is 5.69 Å². The van der Waals surface area contributed by atoms with Crippen LogP contribution in [0.2, 0.25) is 10.0 Å². The smallest absolute Gasteiger partial charge is 0.273 e. The molecule has 2 amide bonds. The Morgan fingerprint density at radius 1 is 1.02 bits per heavy atom. The van der Waals surface area contributed by atoms with Crippen LogP contribution in [0.15, 0.2) is 42.5 Å². The van der Waals surface area contributed by atoms with Gasteiger partial charge in [0.05, 0.1) is 40.1 Å². The third-order valence-corrected chi connectivity index (χ3v) is 8.54. The summed E-state index contributed by atoms with van der Waals surface area (Å²) in [6.45, 7) is 8.70. The molecule has 0 fully saturated rings. The maximum Gasteiger partial charge on any atom is 0.273 e. The molecule has 0 saturated heterocycles. The van der Waals surface area contributed by atoms with Crippen LogP contribution in [-0.2, 0) is 13.0 Å². The third kappa shape index (κ3) is 4.45. The van der Waals surface area contributed by atoms with Crippen molar-refractivity contribution < 1.29 is 9.59 Å². The minimum Gasteiger partial charge on any atom is -0.331 e. The van der Waals surface area contributed by atoms with Gasteiger partial charge in [-0.15, -0.1) is 15.0 Å². The fraction of sp³-hybridized carbons (Fsp3) is 0.357. The van der Waals surface area contributed by atoms with E-state index in [0.29, 0.717) is 46.6 Å². The van der Waals surface area contributed by atoms with Crippen LogP contribution >= 0.6 is 23.2 Å². The predicted molar refractivity (Wildman–Crippen MR) is 150 cm³/mol. The lowest BCUT2D eigenvalue weighted by atomic mass is 9.96. The maximum absolute atomic E-state index is 14.0. The molecule has 4 aromatic rings. The first-order chi connectivity index (χ1) is 19.1. The minimum atomic E-state index is -0.176. The van der Waals surface area contributed by atoms with Crippen LogP contribution in [0.1, 0.15) is 76.3 Å². The normalized spacial score (nSPS) is 19.4. The van der Waals surface area contributed by atoms with Crippen molar-refractivity contribution in [2.45, 2.75) is 58.8 Å². The van der Waals surface area contributed by atoms with Crippen molar-refractivity contribution in [3.63, 3.8) is 0 Å². The van der Waals surface area contributed by atoms with Crippen molar-refractivity contribution >= 4 is 35.0 Å². The summed E-state index contributed by atoms with van der Waals surface area (Å²) in [5.41, 5.74) is 4.48. The number of aromatic nitrogens is 6. The van der Waals surface area contributed by atoms with Gasteiger partial charge in [0, 0.05) is 30.1 Å². The lowest BCUT2D eigenvalue weighted by Crippen LogP contribution is -2.45. The van der Waals surface area contributed by atoms with E-state index >= 15 is 0 Å². The minimum absolute atomic E-state index is 0.0168. The van der Waals surface area contributed by atoms with Crippen LogP contribution in [0.4, 0.5) is 0 Å². The molecule has 0 bridgehead atoms. The zero-order valence-corrected chi connectivity index (χ0v) is 24.1. The van der Waals surface area contributed by atoms with Gasteiger partial charge in [0.15, 0.2) is 5.82 Å². The SMILES string of the molecule is Cc1nnn(-c2ccc([C@H](C)N3C[C@@H](C)n4nc5c(c4C3=O)CN(C(=O)c3ccc(Cl)c(Cl)c3)[C@H](C)C5)cc2)n1. The largest absolute Gasteiger partial charge is 0.331 e. The monoisotopic (exact) mass is 578 g/mol. The summed E-state index contributed by atoms with van der Waals surface area (Å²) in [6.07, 6.45) is 0.565. The second kappa shape index (κ2) is 10.0. The first kappa shape index (κ1) is 26.5. The molecule has 0 aliphatic carbocycles. The number of benzene rings is 2. The molecule has 40 heavy (non-hydrogen) atoms. The number of hydrogen-bond acceptors (Lipinski definition) is 6. The zero-order valence-electron chi connectivity index (χ0n) is 22.5. The summed E-state index contributed by atoms with van der Waals surface area (Å²) < 4.78 is 1.85. The summed E-state index contributed by atoms with van der Waals surface area (Å²) in [4.78, 5) is 32.7. The standard InChI is InChI=1S/C28H28Cl2N8O2/c1-15-11-25-22(14-35(15)27(39)20-7-10-23(29)24(30)12-20)26-28(40)36(13-16(2)37(26)33-25)17(3)19-5-8-21(9-6-19)38-32-18(4)31-34-38/h5-10,12,15-17H,11,13-14H2,1-4H3/t15-,16-,17+/m1/s1. The number of carbonyl (C=O) groups is 2. The van der Waals surface area contributed by atoms with Crippen LogP contribution in [0, 0.1) is 6.92 Å². The van der Waals surface area contributed by atoms with Crippen molar-refractivity contribution in [3.05, 3.63) is 86.4 Å². The Kier molecular flexibility index (Phi) is 6.62. The molecule has 0 N–H and O–H groups in total. The first-order valence-corrected chi connectivity index (χ1v) is 13.9. The molecular formula is C28H28Cl2N8O2. The van der Waals surface area contributed by atoms with Crippen LogP contribution in [-0.4, -0.2) is 64.2 Å². The van der Waals surface area contributed by atoms with Crippen molar-refractivity contribution in [1.82, 2.24) is 39.8 Å². The van der Waals surface area contributed by atoms with Gasteiger partial charge < -0.3 is 9.80 Å². The molecule has 206 valence electrons. The van der Waals surface area contributed by atoms with Crippen LogP contribution < -0.4 is 0 Å². The fourth-order valence-electron chi connectivity index (χ4n) is 5.55. The third-order valence-electron chi connectivity index (χ3n) is 7.80. The molecule has 10 nitrogen and oxygen atoms in total. The van der Waals surface area contributed by atoms with E-state index in [9.17, 15) is 9.59 Å². The Labute approximate surface area is 241 Å². The molecular weight excluding hydrogens is 551 g/mol. The van der Waals surface area contributed by atoms with E-state index in [1.165, 1.54) is 4.80 Å². The predicted octanol–water partition coefficient (Wildman–Crippen LogP) is 4.84. The van der Waals surface area contributed by atoms with E-state index in [4.69, 9.17) is 28.3 Å². The summed E-state index contributed by atoms with van der Waals surface area (Å²) >= 11 is 12.2. The molecule has 0 radical (unpaired) electrons. The Hall–Kier alpha value is -3.76. The lowest BCUT2D eigenvalue weighted by molar-refractivity contribution is 0.0574. The van der Waals surface area contributed by atoms with E-state index in [-0.39, 0.29) is 29.9 Å². The van der Waals surface area contributed by atoms with Gasteiger partial charge in [-0.1, -0.05) is 35.3 Å². The Morgan fingerprint density at radius 3 is 2.45 bits per heavy atom. The highest BCUT2D eigenvalue weighted by Crippen LogP contribution is 2.35. The van der Waals surface area contributed by atoms with Gasteiger partial charge >= 0.3 is 0 Å². The highest BCUT2D eigenvalue weighted by Gasteiger charge is 2.40. The zero-order chi connectivity index (χ0) is 28.3. The second-order valence-corrected chi connectivity index (χ2v) is 11.3. The van der Waals surface area contributed by atoms with Crippen molar-refractivity contribution in [2.75, 3.05) is 6.54 Å².